The van der Waals surface area contributed by atoms with Crippen molar-refractivity contribution in [2.75, 3.05) is 19.6 Å². The van der Waals surface area contributed by atoms with Crippen molar-refractivity contribution in [3.05, 3.63) is 34.3 Å². The van der Waals surface area contributed by atoms with Crippen LogP contribution in [0.2, 0.25) is 0 Å². The molecule has 1 unspecified atom stereocenters. The van der Waals surface area contributed by atoms with E-state index in [1.165, 1.54) is 32.4 Å². The fourth-order valence-corrected chi connectivity index (χ4v) is 3.27. The minimum atomic E-state index is 0.0213. The molecular formula is C16H24BrN2O+. The Balaban J connectivity index is 1.69. The second kappa shape index (κ2) is 7.79. The molecule has 0 radical (unpaired) electrons. The molecule has 1 fully saturated rings. The van der Waals surface area contributed by atoms with Crippen LogP contribution >= 0.6 is 15.9 Å². The van der Waals surface area contributed by atoms with E-state index in [-0.39, 0.29) is 5.91 Å². The maximum Gasteiger partial charge on any atom is 0.251 e. The molecule has 4 heteroatoms. The third-order valence-corrected chi connectivity index (χ3v) is 4.62. The van der Waals surface area contributed by atoms with Gasteiger partial charge in [-0.15, -0.1) is 0 Å². The number of hydrogen-bond acceptors (Lipinski definition) is 1. The van der Waals surface area contributed by atoms with Gasteiger partial charge < -0.3 is 10.2 Å². The maximum absolute atomic E-state index is 12.0. The Morgan fingerprint density at radius 1 is 1.45 bits per heavy atom. The molecule has 1 aromatic carbocycles. The molecule has 20 heavy (non-hydrogen) atoms. The summed E-state index contributed by atoms with van der Waals surface area (Å²) in [5, 5.41) is 3.01. The van der Waals surface area contributed by atoms with Crippen molar-refractivity contribution in [1.29, 1.82) is 0 Å². The zero-order valence-electron chi connectivity index (χ0n) is 12.1. The second-order valence-electron chi connectivity index (χ2n) is 5.67. The quantitative estimate of drug-likeness (QED) is 0.790. The summed E-state index contributed by atoms with van der Waals surface area (Å²) in [4.78, 5) is 13.7. The van der Waals surface area contributed by atoms with Crippen molar-refractivity contribution in [1.82, 2.24) is 5.32 Å². The molecule has 110 valence electrons. The predicted molar refractivity (Wildman–Crippen MR) is 85.1 cm³/mol. The van der Waals surface area contributed by atoms with E-state index in [4.69, 9.17) is 0 Å². The lowest BCUT2D eigenvalue weighted by Gasteiger charge is -2.30. The summed E-state index contributed by atoms with van der Waals surface area (Å²) in [5.41, 5.74) is 0.720. The summed E-state index contributed by atoms with van der Waals surface area (Å²) < 4.78 is 0.941. The first kappa shape index (κ1) is 15.5. The third-order valence-electron chi connectivity index (χ3n) is 4.13. The number of carbonyl (C=O) groups is 1. The van der Waals surface area contributed by atoms with Crippen LogP contribution in [0.15, 0.2) is 28.7 Å². The fraction of sp³-hybridized carbons (Fsp3) is 0.562. The van der Waals surface area contributed by atoms with Crippen molar-refractivity contribution in [3.8, 4) is 0 Å². The number of benzene rings is 1. The average molecular weight is 340 g/mol. The fourth-order valence-electron chi connectivity index (χ4n) is 2.87. The Kier molecular flexibility index (Phi) is 6.05. The summed E-state index contributed by atoms with van der Waals surface area (Å²) in [5.74, 6) is 0.0213. The molecule has 0 bridgehead atoms. The van der Waals surface area contributed by atoms with Gasteiger partial charge in [0, 0.05) is 23.0 Å². The van der Waals surface area contributed by atoms with Crippen LogP contribution < -0.4 is 10.2 Å². The molecule has 3 nitrogen and oxygen atoms in total. The number of carbonyl (C=O) groups excluding carboxylic acids is 1. The van der Waals surface area contributed by atoms with Gasteiger partial charge in [0.2, 0.25) is 0 Å². The molecule has 1 amide bonds. The molecule has 2 rings (SSSR count). The third kappa shape index (κ3) is 4.60. The number of quaternary nitrogens is 1. The highest BCUT2D eigenvalue weighted by molar-refractivity contribution is 9.10. The van der Waals surface area contributed by atoms with Gasteiger partial charge in [-0.1, -0.05) is 22.0 Å². The van der Waals surface area contributed by atoms with Crippen LogP contribution in [0.3, 0.4) is 0 Å². The molecule has 0 spiro atoms. The van der Waals surface area contributed by atoms with Gasteiger partial charge in [0.15, 0.2) is 0 Å². The van der Waals surface area contributed by atoms with E-state index in [9.17, 15) is 4.79 Å². The predicted octanol–water partition coefficient (Wildman–Crippen LogP) is 2.03. The Bertz CT molecular complexity index is 450. The van der Waals surface area contributed by atoms with E-state index in [1.54, 1.807) is 4.90 Å². The lowest BCUT2D eigenvalue weighted by Crippen LogP contribution is -3.16. The summed E-state index contributed by atoms with van der Waals surface area (Å²) in [6, 6.07) is 8.30. The minimum absolute atomic E-state index is 0.0213. The van der Waals surface area contributed by atoms with Gasteiger partial charge in [-0.3, -0.25) is 4.79 Å². The number of halogens is 1. The summed E-state index contributed by atoms with van der Waals surface area (Å²) in [6.45, 7) is 5.57. The number of rotatable bonds is 5. The number of likely N-dealkylation sites (tertiary alicyclic amines) is 1. The number of nitrogens with one attached hydrogen (secondary N) is 2. The molecule has 1 aliphatic rings. The molecule has 1 aromatic rings. The maximum atomic E-state index is 12.0. The van der Waals surface area contributed by atoms with Crippen molar-refractivity contribution in [3.63, 3.8) is 0 Å². The molecule has 0 aliphatic carbocycles. The lowest BCUT2D eigenvalue weighted by molar-refractivity contribution is -0.928. The van der Waals surface area contributed by atoms with Gasteiger partial charge in [0.1, 0.15) is 0 Å². The van der Waals surface area contributed by atoms with E-state index in [1.807, 2.05) is 24.3 Å². The van der Waals surface area contributed by atoms with Crippen LogP contribution in [0.5, 0.6) is 0 Å². The van der Waals surface area contributed by atoms with Gasteiger partial charge in [0.25, 0.3) is 5.91 Å². The topological polar surface area (TPSA) is 33.5 Å². The van der Waals surface area contributed by atoms with Crippen LogP contribution in [0.4, 0.5) is 0 Å². The van der Waals surface area contributed by atoms with Crippen molar-refractivity contribution >= 4 is 21.8 Å². The first-order valence-electron chi connectivity index (χ1n) is 7.55. The van der Waals surface area contributed by atoms with Crippen molar-refractivity contribution < 1.29 is 9.69 Å². The van der Waals surface area contributed by atoms with E-state index in [0.29, 0.717) is 0 Å². The Labute approximate surface area is 129 Å². The first-order valence-corrected chi connectivity index (χ1v) is 8.34. The van der Waals surface area contributed by atoms with Gasteiger partial charge in [-0.05, 0) is 44.4 Å². The van der Waals surface area contributed by atoms with E-state index < -0.39 is 0 Å². The lowest BCUT2D eigenvalue weighted by atomic mass is 10.0. The molecule has 1 heterocycles. The minimum Gasteiger partial charge on any atom is -0.352 e. The summed E-state index contributed by atoms with van der Waals surface area (Å²) in [7, 11) is 0. The van der Waals surface area contributed by atoms with Gasteiger partial charge in [0.05, 0.1) is 19.1 Å². The zero-order valence-corrected chi connectivity index (χ0v) is 13.7. The van der Waals surface area contributed by atoms with E-state index >= 15 is 0 Å². The van der Waals surface area contributed by atoms with Gasteiger partial charge in [-0.25, -0.2) is 0 Å². The van der Waals surface area contributed by atoms with Gasteiger partial charge >= 0.3 is 0 Å². The molecule has 0 aromatic heterocycles. The highest BCUT2D eigenvalue weighted by Crippen LogP contribution is 2.11. The molecular weight excluding hydrogens is 316 g/mol. The standard InChI is InChI=1S/C16H23BrN2O/c1-13-6-2-3-10-19(13)11-5-9-18-16(20)14-7-4-8-15(17)12-14/h4,7-8,12-13H,2-3,5-6,9-11H2,1H3,(H,18,20)/p+1/t13-/m0/s1. The molecule has 1 aliphatic heterocycles. The SMILES string of the molecule is C[C@H]1CCCC[NH+]1CCCNC(=O)c1cccc(Br)c1. The highest BCUT2D eigenvalue weighted by Gasteiger charge is 2.20. The van der Waals surface area contributed by atoms with E-state index in [2.05, 4.69) is 28.2 Å². The van der Waals surface area contributed by atoms with Crippen LogP contribution in [-0.4, -0.2) is 31.6 Å². The zero-order chi connectivity index (χ0) is 14.4. The number of hydrogen-bond donors (Lipinski definition) is 2. The molecule has 1 saturated heterocycles. The first-order chi connectivity index (χ1) is 9.66. The number of piperidine rings is 1. The Morgan fingerprint density at radius 3 is 3.05 bits per heavy atom. The molecule has 2 atom stereocenters. The molecule has 0 saturated carbocycles. The smallest absolute Gasteiger partial charge is 0.251 e. The van der Waals surface area contributed by atoms with E-state index in [0.717, 1.165) is 29.0 Å². The monoisotopic (exact) mass is 339 g/mol. The van der Waals surface area contributed by atoms with Crippen LogP contribution in [0, 0.1) is 0 Å². The van der Waals surface area contributed by atoms with Crippen LogP contribution in [0.1, 0.15) is 43.0 Å². The van der Waals surface area contributed by atoms with Crippen molar-refractivity contribution in [2.45, 2.75) is 38.6 Å². The van der Waals surface area contributed by atoms with Gasteiger partial charge in [-0.2, -0.15) is 0 Å². The normalized spacial score (nSPS) is 22.5. The average Bonchev–Trinajstić information content (AvgIpc) is 2.45. The number of amides is 1. The summed E-state index contributed by atoms with van der Waals surface area (Å²) >= 11 is 3.39. The van der Waals surface area contributed by atoms with Crippen molar-refractivity contribution in [2.24, 2.45) is 0 Å². The second-order valence-corrected chi connectivity index (χ2v) is 6.59. The highest BCUT2D eigenvalue weighted by atomic mass is 79.9. The Hall–Kier alpha value is -0.870. The van der Waals surface area contributed by atoms with Crippen LogP contribution in [-0.2, 0) is 0 Å². The molecule has 2 N–H and O–H groups in total. The summed E-state index contributed by atoms with van der Waals surface area (Å²) in [6.07, 6.45) is 5.13. The largest absolute Gasteiger partial charge is 0.352 e. The Morgan fingerprint density at radius 2 is 2.30 bits per heavy atom. The van der Waals surface area contributed by atoms with Crippen LogP contribution in [0.25, 0.3) is 0 Å².